The van der Waals surface area contributed by atoms with Crippen LogP contribution >= 0.6 is 39.1 Å². The highest BCUT2D eigenvalue weighted by atomic mass is 79.9. The van der Waals surface area contributed by atoms with Crippen LogP contribution in [0.5, 0.6) is 0 Å². The van der Waals surface area contributed by atoms with Crippen LogP contribution in [0.3, 0.4) is 0 Å². The fraction of sp³-hybridized carbons (Fsp3) is 0.400. The maximum Gasteiger partial charge on any atom is 0.373 e. The van der Waals surface area contributed by atoms with Crippen LogP contribution in [-0.2, 0) is 112 Å². The highest BCUT2D eigenvalue weighted by Gasteiger charge is 2.32. The van der Waals surface area contributed by atoms with Crippen molar-refractivity contribution in [1.82, 2.24) is 39.7 Å². The Morgan fingerprint density at radius 3 is 1.01 bits per heavy atom. The summed E-state index contributed by atoms with van der Waals surface area (Å²) in [6.45, 7) is 5.49. The Bertz CT molecular complexity index is 4520. The van der Waals surface area contributed by atoms with E-state index in [1.807, 2.05) is 51.0 Å². The number of nitrogens with one attached hydrogen (secondary N) is 3. The maximum absolute atomic E-state index is 11.7. The number of hydrogen-bond donors (Lipinski definition) is 5. The standard InChI is InChI=1S/C13H19N3O3S.C11H14N2O4S.C11H14N2O3S.C9H15N3O2S.C7H8ClNO2S.C6H5BrClN.3CO2/c1-16(2)8-10-11(20(3,18)19)6-7-12(14-10)15-13(17)9-4-5-9;1-18(16,17)9-4-5-10(12-8(9)6-14)13-11(15)7-2-3-7;1-7-9(17(2,15)16)5-6-10(12-7)13-11(14)8-3-4-8;1-12(2)6-7-8(15(3,13)14)4-5-9(10)11-7;1-5-6(12(2,10)11)3-4-7(8)9-5;1-4-5(7)2-3-6(8)9-4;3*2-1-3/h6-7,9H,4-5,8H2,1-3H3,(H,14,15,17);4-5,7,14H,2-3,6H2,1H3,(H,12,13,15);5-6,8H,3-4H2,1-2H3,(H,12,13,14);4-5H,6H2,1-3H3,(H2,10,11);3-4H,1-2H3;2-3H,1H3;;;. The summed E-state index contributed by atoms with van der Waals surface area (Å²) in [5.74, 6) is 1.46. The average Bonchev–Trinajstić information content (AvgIpc) is 1.61. The van der Waals surface area contributed by atoms with Crippen LogP contribution in [0.1, 0.15) is 72.7 Å². The van der Waals surface area contributed by atoms with Crippen LogP contribution < -0.4 is 21.7 Å². The number of nitrogen functional groups attached to an aromatic ring is 1. The molecule has 0 bridgehead atoms. The molecule has 546 valence electrons. The zero-order valence-electron chi connectivity index (χ0n) is 56.1. The second kappa shape index (κ2) is 41.6. The monoisotopic (exact) mass is 1590 g/mol. The second-order valence-electron chi connectivity index (χ2n) is 22.2. The topological polar surface area (TPSA) is 490 Å². The molecule has 32 nitrogen and oxygen atoms in total. The van der Waals surface area contributed by atoms with Crippen molar-refractivity contribution in [2.75, 3.05) is 81.2 Å². The number of aliphatic hydroxyl groups is 1. The number of hydrogen-bond acceptors (Lipinski definition) is 29. The molecular weight excluding hydrogens is 1520 g/mol. The predicted octanol–water partition coefficient (Wildman–Crippen LogP) is 4.99. The van der Waals surface area contributed by atoms with Crippen LogP contribution in [0.4, 0.5) is 23.3 Å². The average molecular weight is 1600 g/mol. The van der Waals surface area contributed by atoms with Gasteiger partial charge < -0.3 is 36.6 Å². The van der Waals surface area contributed by atoms with E-state index in [2.05, 4.69) is 61.8 Å². The number of carbonyl (C=O) groups is 3. The molecule has 100 heavy (non-hydrogen) atoms. The molecule has 6 aromatic heterocycles. The molecule has 0 unspecified atom stereocenters. The van der Waals surface area contributed by atoms with Gasteiger partial charge in [0.25, 0.3) is 0 Å². The number of pyridine rings is 6. The third-order valence-corrected chi connectivity index (χ3v) is 19.8. The van der Waals surface area contributed by atoms with Crippen LogP contribution in [-0.4, -0.2) is 183 Å². The number of nitrogens with zero attached hydrogens (tertiary/aromatic N) is 8. The minimum absolute atomic E-state index is 0.0191. The molecule has 0 aromatic carbocycles. The number of aliphatic hydroxyl groups excluding tert-OH is 1. The number of nitrogens with two attached hydrogens (primary N) is 1. The van der Waals surface area contributed by atoms with Crippen molar-refractivity contribution < 1.29 is 90.3 Å². The molecule has 3 aliphatic carbocycles. The zero-order valence-corrected chi connectivity index (χ0v) is 63.2. The van der Waals surface area contributed by atoms with E-state index in [1.165, 1.54) is 66.9 Å². The zero-order chi connectivity index (χ0) is 76.8. The number of anilines is 4. The van der Waals surface area contributed by atoms with E-state index in [0.29, 0.717) is 63.6 Å². The van der Waals surface area contributed by atoms with Crippen LogP contribution in [0.2, 0.25) is 10.3 Å². The van der Waals surface area contributed by atoms with Gasteiger partial charge in [-0.05, 0) is 176 Å². The van der Waals surface area contributed by atoms with Crippen molar-refractivity contribution in [3.8, 4) is 0 Å². The van der Waals surface area contributed by atoms with Gasteiger partial charge in [-0.15, -0.1) is 0 Å². The lowest BCUT2D eigenvalue weighted by Crippen LogP contribution is -2.18. The minimum atomic E-state index is -3.43. The van der Waals surface area contributed by atoms with Gasteiger partial charge in [0.1, 0.15) is 33.6 Å². The first-order valence-electron chi connectivity index (χ1n) is 28.7. The van der Waals surface area contributed by atoms with Crippen molar-refractivity contribution in [1.29, 1.82) is 0 Å². The van der Waals surface area contributed by atoms with E-state index in [9.17, 15) is 56.5 Å². The quantitative estimate of drug-likeness (QED) is 0.0796. The van der Waals surface area contributed by atoms with E-state index < -0.39 is 55.8 Å². The molecule has 0 saturated heterocycles. The molecule has 0 radical (unpaired) electrons. The maximum atomic E-state index is 11.7. The summed E-state index contributed by atoms with van der Waals surface area (Å²) in [7, 11) is -9.07. The Kier molecular flexibility index (Phi) is 37.4. The molecule has 6 N–H and O–H groups in total. The fourth-order valence-electron chi connectivity index (χ4n) is 7.73. The lowest BCUT2D eigenvalue weighted by molar-refractivity contribution is -0.193. The van der Waals surface area contributed by atoms with E-state index >= 15 is 0 Å². The van der Waals surface area contributed by atoms with E-state index in [1.54, 1.807) is 19.9 Å². The molecule has 9 rings (SSSR count). The van der Waals surface area contributed by atoms with E-state index in [-0.39, 0.29) is 89.9 Å². The van der Waals surface area contributed by atoms with E-state index in [0.717, 1.165) is 73.7 Å². The molecule has 0 atom stereocenters. The first-order chi connectivity index (χ1) is 46.2. The van der Waals surface area contributed by atoms with Crippen molar-refractivity contribution >= 4 is 148 Å². The molecule has 3 aliphatic rings. The number of amides is 3. The van der Waals surface area contributed by atoms with Crippen molar-refractivity contribution in [3.63, 3.8) is 0 Å². The third-order valence-electron chi connectivity index (χ3n) is 12.5. The summed E-state index contributed by atoms with van der Waals surface area (Å²) in [5, 5.41) is 18.0. The van der Waals surface area contributed by atoms with E-state index in [4.69, 9.17) is 62.8 Å². The van der Waals surface area contributed by atoms with Gasteiger partial charge in [-0.3, -0.25) is 14.4 Å². The molecule has 3 saturated carbocycles. The van der Waals surface area contributed by atoms with Gasteiger partial charge in [-0.25, -0.2) is 72.0 Å². The molecule has 3 amide bonds. The van der Waals surface area contributed by atoms with Gasteiger partial charge >= 0.3 is 18.5 Å². The molecule has 6 aromatic rings. The predicted molar refractivity (Wildman–Crippen MR) is 367 cm³/mol. The summed E-state index contributed by atoms with van der Waals surface area (Å²) in [4.78, 5) is 112. The minimum Gasteiger partial charge on any atom is -0.390 e. The number of aromatic nitrogens is 6. The molecule has 40 heteroatoms. The lowest BCUT2D eigenvalue weighted by Gasteiger charge is -2.14. The smallest absolute Gasteiger partial charge is 0.373 e. The molecule has 3 fully saturated rings. The Morgan fingerprint density at radius 2 is 0.720 bits per heavy atom. The number of rotatable bonds is 16. The summed E-state index contributed by atoms with van der Waals surface area (Å²) >= 11 is 14.5. The van der Waals surface area contributed by atoms with Crippen molar-refractivity contribution in [2.24, 2.45) is 17.8 Å². The molecule has 6 heterocycles. The SMILES string of the molecule is CN(C)Cc1nc(N)ccc1S(C)(=O)=O.CN(C)Cc1nc(NC(=O)C2CC2)ccc1S(C)(=O)=O.CS(=O)(=O)c1ccc(NC(=O)C2CC2)nc1CO.Cc1nc(Cl)ccc1Br.Cc1nc(Cl)ccc1S(C)(=O)=O.Cc1nc(NC(=O)C2CC2)ccc1S(C)(=O)=O.O=C=O.O=C=O.O=C=O. The van der Waals surface area contributed by atoms with Gasteiger partial charge in [0.05, 0.1) is 65.2 Å². The normalized spacial score (nSPS) is 12.8. The van der Waals surface area contributed by atoms with Crippen molar-refractivity contribution in [2.45, 2.75) is 103 Å². The van der Waals surface area contributed by atoms with Crippen LogP contribution in [0.25, 0.3) is 0 Å². The largest absolute Gasteiger partial charge is 0.390 e. The van der Waals surface area contributed by atoms with Crippen LogP contribution in [0.15, 0.2) is 102 Å². The fourth-order valence-corrected chi connectivity index (χ4v) is 12.7. The summed E-state index contributed by atoms with van der Waals surface area (Å²) in [5.41, 5.74) is 8.27. The summed E-state index contributed by atoms with van der Waals surface area (Å²) in [6.07, 6.45) is 11.8. The molecule has 0 aliphatic heterocycles. The van der Waals surface area contributed by atoms with Gasteiger partial charge in [-0.2, -0.15) is 28.8 Å². The van der Waals surface area contributed by atoms with Crippen LogP contribution in [0, 0.1) is 38.5 Å². The number of aryl methyl sites for hydroxylation is 3. The Labute approximate surface area is 597 Å². The van der Waals surface area contributed by atoms with Gasteiger partial charge in [-0.1, -0.05) is 23.2 Å². The number of sulfone groups is 5. The number of carbonyl (C=O) groups excluding carboxylic acids is 9. The second-order valence-corrected chi connectivity index (χ2v) is 33.7. The third kappa shape index (κ3) is 34.8. The first kappa shape index (κ1) is 90.0. The molecular formula is C60H75BrCl2N12O20S5. The highest BCUT2D eigenvalue weighted by Crippen LogP contribution is 2.32. The van der Waals surface area contributed by atoms with Gasteiger partial charge in [0.2, 0.25) is 17.7 Å². The molecule has 0 spiro atoms. The van der Waals surface area contributed by atoms with Crippen molar-refractivity contribution in [3.05, 3.63) is 122 Å². The Hall–Kier alpha value is -8.06. The summed E-state index contributed by atoms with van der Waals surface area (Å²) < 4.78 is 115. The first-order valence-corrected chi connectivity index (χ1v) is 39.7. The Balaban J connectivity index is 0.000000592. The Morgan fingerprint density at radius 1 is 0.450 bits per heavy atom. The highest BCUT2D eigenvalue weighted by molar-refractivity contribution is 9.10. The summed E-state index contributed by atoms with van der Waals surface area (Å²) in [6, 6.07) is 18.3. The lowest BCUT2D eigenvalue weighted by atomic mass is 10.3. The van der Waals surface area contributed by atoms with Gasteiger partial charge in [0.15, 0.2) is 49.2 Å². The number of halogens is 3. The van der Waals surface area contributed by atoms with Gasteiger partial charge in [0, 0.05) is 66.6 Å².